The average Bonchev–Trinajstić information content (AvgIpc) is 3.31. The number of carbonyl (C=O) groups is 8. The first-order valence-corrected chi connectivity index (χ1v) is 19.8. The third-order valence-corrected chi connectivity index (χ3v) is 8.95. The number of hydrogen-bond acceptors (Lipinski definition) is 18. The third kappa shape index (κ3) is 20.3. The van der Waals surface area contributed by atoms with Crippen LogP contribution in [0.3, 0.4) is 0 Å². The van der Waals surface area contributed by atoms with Crippen molar-refractivity contribution in [3.8, 4) is 0 Å². The molecule has 0 unspecified atom stereocenters. The van der Waals surface area contributed by atoms with E-state index in [1.54, 1.807) is 27.7 Å². The van der Waals surface area contributed by atoms with Gasteiger partial charge in [0, 0.05) is 29.1 Å². The Bertz CT molecular complexity index is 2050. The van der Waals surface area contributed by atoms with Crippen molar-refractivity contribution in [2.45, 2.75) is 53.4 Å². The maximum Gasteiger partial charge on any atom is 0.346 e. The van der Waals surface area contributed by atoms with Crippen LogP contribution in [0.4, 0.5) is 0 Å². The van der Waals surface area contributed by atoms with E-state index in [2.05, 4.69) is 0 Å². The minimum atomic E-state index is -1.30. The van der Waals surface area contributed by atoms with Crippen LogP contribution in [-0.2, 0) is 28.5 Å². The molecule has 0 amide bonds. The maximum atomic E-state index is 12.9. The van der Waals surface area contributed by atoms with Gasteiger partial charge in [0.2, 0.25) is 0 Å². The van der Waals surface area contributed by atoms with Gasteiger partial charge in [0.1, 0.15) is 0 Å². The molecule has 0 saturated heterocycles. The number of aliphatic hydroxyl groups excluding tert-OH is 6. The third-order valence-electron chi connectivity index (χ3n) is 8.95. The molecule has 0 heterocycles. The SMILES string of the molecule is CC(C)(COC(=O)CCCCC(=O)O)COC(=O)c1cccc(C(=O)OC(=O)c2ccccc2C(=O)OC(=O)c2cccc(C(=O)O)c2)c1.CC(CO)(CO)CO.CC(CO)(CO)CO. The zero-order valence-electron chi connectivity index (χ0n) is 36.4. The Morgan fingerprint density at radius 3 is 1.22 bits per heavy atom. The van der Waals surface area contributed by atoms with E-state index in [-0.39, 0.29) is 88.0 Å². The molecule has 20 heteroatoms. The first-order valence-electron chi connectivity index (χ1n) is 19.8. The quantitative estimate of drug-likeness (QED) is 0.0329. The van der Waals surface area contributed by atoms with Crippen molar-refractivity contribution in [1.82, 2.24) is 0 Å². The van der Waals surface area contributed by atoms with E-state index < -0.39 is 75.1 Å². The van der Waals surface area contributed by atoms with Crippen LogP contribution >= 0.6 is 0 Å². The first-order chi connectivity index (χ1) is 30.5. The van der Waals surface area contributed by atoms with Crippen molar-refractivity contribution in [2.24, 2.45) is 16.2 Å². The van der Waals surface area contributed by atoms with E-state index in [4.69, 9.17) is 59.8 Å². The Kier molecular flexibility index (Phi) is 24.1. The molecule has 65 heavy (non-hydrogen) atoms. The summed E-state index contributed by atoms with van der Waals surface area (Å²) in [6.45, 7) is 5.27. The normalized spacial score (nSPS) is 11.0. The number of carboxylic acid groups (broad SMARTS) is 2. The van der Waals surface area contributed by atoms with Gasteiger partial charge in [0.05, 0.1) is 86.2 Å². The molecule has 0 aromatic heterocycles. The number of ether oxygens (including phenoxy) is 4. The summed E-state index contributed by atoms with van der Waals surface area (Å²) in [4.78, 5) is 97.4. The van der Waals surface area contributed by atoms with Gasteiger partial charge >= 0.3 is 47.8 Å². The Labute approximate surface area is 374 Å². The molecule has 0 aliphatic carbocycles. The van der Waals surface area contributed by atoms with E-state index in [1.807, 2.05) is 0 Å². The van der Waals surface area contributed by atoms with Crippen LogP contribution in [0.25, 0.3) is 0 Å². The highest BCUT2D eigenvalue weighted by Gasteiger charge is 2.27. The van der Waals surface area contributed by atoms with Crippen molar-refractivity contribution in [3.05, 3.63) is 106 Å². The van der Waals surface area contributed by atoms with Crippen LogP contribution in [0, 0.1) is 16.2 Å². The van der Waals surface area contributed by atoms with Crippen LogP contribution in [0.5, 0.6) is 0 Å². The number of esters is 6. The summed E-state index contributed by atoms with van der Waals surface area (Å²) in [5.41, 5.74) is -3.71. The fraction of sp³-hybridized carbons (Fsp3) is 0.422. The minimum absolute atomic E-state index is 0.0481. The molecule has 3 aromatic rings. The van der Waals surface area contributed by atoms with Gasteiger partial charge < -0.3 is 59.8 Å². The summed E-state index contributed by atoms with van der Waals surface area (Å²) in [7, 11) is 0. The number of carboxylic acids is 2. The monoisotopic (exact) mass is 916 g/mol. The zero-order valence-corrected chi connectivity index (χ0v) is 36.4. The predicted molar refractivity (Wildman–Crippen MR) is 226 cm³/mol. The second-order valence-corrected chi connectivity index (χ2v) is 15.9. The van der Waals surface area contributed by atoms with E-state index in [0.717, 1.165) is 24.3 Å². The van der Waals surface area contributed by atoms with Crippen LogP contribution in [0.15, 0.2) is 72.8 Å². The second kappa shape index (κ2) is 27.7. The Balaban J connectivity index is 0.00000112. The molecule has 20 nitrogen and oxygen atoms in total. The fourth-order valence-electron chi connectivity index (χ4n) is 4.37. The number of rotatable bonds is 21. The van der Waals surface area contributed by atoms with Crippen molar-refractivity contribution in [3.63, 3.8) is 0 Å². The largest absolute Gasteiger partial charge is 0.481 e. The van der Waals surface area contributed by atoms with Gasteiger partial charge in [-0.2, -0.15) is 0 Å². The lowest BCUT2D eigenvalue weighted by Crippen LogP contribution is -2.29. The summed E-state index contributed by atoms with van der Waals surface area (Å²) in [6.07, 6.45) is 0.700. The molecule has 0 radical (unpaired) electrons. The number of hydrogen-bond donors (Lipinski definition) is 8. The lowest BCUT2D eigenvalue weighted by atomic mass is 9.95. The smallest absolute Gasteiger partial charge is 0.346 e. The molecule has 0 bridgehead atoms. The fourth-order valence-corrected chi connectivity index (χ4v) is 4.37. The van der Waals surface area contributed by atoms with Crippen LogP contribution in [0.1, 0.15) is 116 Å². The minimum Gasteiger partial charge on any atom is -0.481 e. The number of benzene rings is 3. The summed E-state index contributed by atoms with van der Waals surface area (Å²) in [5.74, 6) is -8.44. The topological polar surface area (TPSA) is 335 Å². The highest BCUT2D eigenvalue weighted by Crippen LogP contribution is 2.20. The summed E-state index contributed by atoms with van der Waals surface area (Å²) in [6, 6.07) is 15.0. The van der Waals surface area contributed by atoms with Gasteiger partial charge in [-0.15, -0.1) is 0 Å². The molecular formula is C45H56O20. The van der Waals surface area contributed by atoms with Gasteiger partial charge in [-0.05, 0) is 61.4 Å². The van der Waals surface area contributed by atoms with Crippen molar-refractivity contribution in [2.75, 3.05) is 52.9 Å². The molecule has 0 spiro atoms. The van der Waals surface area contributed by atoms with E-state index in [9.17, 15) is 38.4 Å². The van der Waals surface area contributed by atoms with Crippen molar-refractivity contribution >= 4 is 47.8 Å². The number of unbranched alkanes of at least 4 members (excludes halogenated alkanes) is 1. The molecule has 0 aliphatic rings. The lowest BCUT2D eigenvalue weighted by molar-refractivity contribution is -0.148. The molecule has 356 valence electrons. The van der Waals surface area contributed by atoms with Crippen molar-refractivity contribution < 1.29 is 98.2 Å². The first kappa shape index (κ1) is 56.6. The van der Waals surface area contributed by atoms with E-state index in [1.165, 1.54) is 48.5 Å². The average molecular weight is 917 g/mol. The van der Waals surface area contributed by atoms with Gasteiger partial charge in [0.15, 0.2) is 0 Å². The molecule has 3 rings (SSSR count). The van der Waals surface area contributed by atoms with E-state index in [0.29, 0.717) is 12.8 Å². The van der Waals surface area contributed by atoms with Crippen LogP contribution in [0.2, 0.25) is 0 Å². The molecule has 3 aromatic carbocycles. The van der Waals surface area contributed by atoms with Gasteiger partial charge in [0.25, 0.3) is 0 Å². The Morgan fingerprint density at radius 2 is 0.831 bits per heavy atom. The Hall–Kier alpha value is -6.42. The molecule has 0 aliphatic heterocycles. The Morgan fingerprint density at radius 1 is 0.462 bits per heavy atom. The number of aromatic carboxylic acids is 1. The van der Waals surface area contributed by atoms with Gasteiger partial charge in [-0.1, -0.05) is 52.0 Å². The lowest BCUT2D eigenvalue weighted by Gasteiger charge is -2.23. The highest BCUT2D eigenvalue weighted by atomic mass is 16.6. The molecule has 0 fully saturated rings. The molecule has 0 atom stereocenters. The standard InChI is InChI=1S/C35H32O14.2C5H12O3/c1-35(2,19-46-28(38)16-6-5-15-27(36)37)20-47-30(41)22-10-8-12-24(18-22)32(43)49-34(45)26-14-4-3-13-25(26)33(44)48-31(42)23-11-7-9-21(17-23)29(39)40;2*1-5(2-6,3-7)4-8/h3-4,7-14,17-18H,5-6,15-16,19-20H2,1-2H3,(H,36,37)(H,39,40);2*6-8H,2-4H2,1H3. The second-order valence-electron chi connectivity index (χ2n) is 15.9. The summed E-state index contributed by atoms with van der Waals surface area (Å²) in [5, 5.41) is 68.6. The van der Waals surface area contributed by atoms with E-state index >= 15 is 0 Å². The van der Waals surface area contributed by atoms with Crippen LogP contribution < -0.4 is 0 Å². The summed E-state index contributed by atoms with van der Waals surface area (Å²) < 4.78 is 20.3. The predicted octanol–water partition coefficient (Wildman–Crippen LogP) is 2.69. The molecular weight excluding hydrogens is 860 g/mol. The van der Waals surface area contributed by atoms with Crippen LogP contribution in [-0.4, -0.2) is 141 Å². The van der Waals surface area contributed by atoms with Gasteiger partial charge in [-0.3, -0.25) is 9.59 Å². The number of carbonyl (C=O) groups excluding carboxylic acids is 6. The number of aliphatic carboxylic acids is 1. The number of aliphatic hydroxyl groups is 6. The highest BCUT2D eigenvalue weighted by molar-refractivity contribution is 6.11. The van der Waals surface area contributed by atoms with Crippen molar-refractivity contribution in [1.29, 1.82) is 0 Å². The zero-order chi connectivity index (χ0) is 49.4. The summed E-state index contributed by atoms with van der Waals surface area (Å²) >= 11 is 0. The molecule has 8 N–H and O–H groups in total. The maximum absolute atomic E-state index is 12.9. The molecule has 0 saturated carbocycles. The van der Waals surface area contributed by atoms with Gasteiger partial charge in [-0.25, -0.2) is 28.8 Å².